The summed E-state index contributed by atoms with van der Waals surface area (Å²) in [7, 11) is 0. The van der Waals surface area contributed by atoms with E-state index in [1.165, 1.54) is 12.8 Å². The lowest BCUT2D eigenvalue weighted by Gasteiger charge is -2.19. The molecule has 0 radical (unpaired) electrons. The maximum Gasteiger partial charge on any atom is 0.240 e. The number of hydrogen-bond donors (Lipinski definition) is 0. The molecule has 0 saturated carbocycles. The second-order valence-electron chi connectivity index (χ2n) is 5.60. The van der Waals surface area contributed by atoms with Gasteiger partial charge < -0.3 is 4.90 Å². The van der Waals surface area contributed by atoms with Crippen molar-refractivity contribution in [1.82, 2.24) is 4.90 Å². The Balaban J connectivity index is 1.95. The van der Waals surface area contributed by atoms with Gasteiger partial charge in [-0.25, -0.2) is 0 Å². The van der Waals surface area contributed by atoms with E-state index in [1.807, 2.05) is 35.2 Å². The van der Waals surface area contributed by atoms with Crippen molar-refractivity contribution in [2.24, 2.45) is 11.8 Å². The molecule has 0 aliphatic carbocycles. The first-order valence-electron chi connectivity index (χ1n) is 7.47. The topological polar surface area (TPSA) is 44.1 Å². The van der Waals surface area contributed by atoms with Crippen LogP contribution in [0.2, 0.25) is 0 Å². The Labute approximate surface area is 121 Å². The fraction of sp³-hybridized carbons (Fsp3) is 0.529. The Morgan fingerprint density at radius 3 is 2.85 bits per heavy atom. The summed E-state index contributed by atoms with van der Waals surface area (Å²) in [5, 5.41) is 9.29. The second kappa shape index (κ2) is 7.09. The van der Waals surface area contributed by atoms with E-state index in [0.29, 0.717) is 12.3 Å². The van der Waals surface area contributed by atoms with Crippen LogP contribution >= 0.6 is 0 Å². The van der Waals surface area contributed by atoms with Crippen LogP contribution in [0.25, 0.3) is 0 Å². The predicted molar refractivity (Wildman–Crippen MR) is 78.8 cm³/mol. The number of amides is 1. The van der Waals surface area contributed by atoms with Crippen molar-refractivity contribution < 1.29 is 4.79 Å². The second-order valence-corrected chi connectivity index (χ2v) is 5.60. The zero-order chi connectivity index (χ0) is 14.4. The minimum absolute atomic E-state index is 0.00922. The lowest BCUT2D eigenvalue weighted by Crippen LogP contribution is -2.34. The van der Waals surface area contributed by atoms with Gasteiger partial charge in [0.2, 0.25) is 5.91 Å². The molecule has 1 aliphatic rings. The highest BCUT2D eigenvalue weighted by Gasteiger charge is 2.30. The van der Waals surface area contributed by atoms with E-state index >= 15 is 0 Å². The number of rotatable bonds is 5. The zero-order valence-corrected chi connectivity index (χ0v) is 12.1. The summed E-state index contributed by atoms with van der Waals surface area (Å²) < 4.78 is 0. The quantitative estimate of drug-likeness (QED) is 0.825. The Morgan fingerprint density at radius 1 is 1.45 bits per heavy atom. The van der Waals surface area contributed by atoms with E-state index in [4.69, 9.17) is 0 Å². The van der Waals surface area contributed by atoms with Crippen LogP contribution in [0.1, 0.15) is 31.7 Å². The van der Waals surface area contributed by atoms with Gasteiger partial charge in [0.1, 0.15) is 5.92 Å². The third-order valence-electron chi connectivity index (χ3n) is 4.03. The van der Waals surface area contributed by atoms with Crippen molar-refractivity contribution >= 4 is 5.91 Å². The van der Waals surface area contributed by atoms with Crippen molar-refractivity contribution in [3.63, 3.8) is 0 Å². The van der Waals surface area contributed by atoms with Crippen molar-refractivity contribution in [3.8, 4) is 6.07 Å². The molecule has 0 aromatic heterocycles. The summed E-state index contributed by atoms with van der Waals surface area (Å²) in [5.41, 5.74) is 1.05. The Bertz CT molecular complexity index is 478. The van der Waals surface area contributed by atoms with E-state index in [-0.39, 0.29) is 5.91 Å². The van der Waals surface area contributed by atoms with Crippen LogP contribution in [-0.2, 0) is 11.2 Å². The molecule has 1 aromatic rings. The average Bonchev–Trinajstić information content (AvgIpc) is 2.94. The third kappa shape index (κ3) is 3.60. The van der Waals surface area contributed by atoms with Gasteiger partial charge in [-0.1, -0.05) is 43.7 Å². The zero-order valence-electron chi connectivity index (χ0n) is 12.1. The molecule has 0 spiro atoms. The first kappa shape index (κ1) is 14.6. The highest BCUT2D eigenvalue weighted by molar-refractivity contribution is 5.81. The van der Waals surface area contributed by atoms with Gasteiger partial charge in [-0.15, -0.1) is 0 Å². The summed E-state index contributed by atoms with van der Waals surface area (Å²) >= 11 is 0. The smallest absolute Gasteiger partial charge is 0.240 e. The molecule has 2 atom stereocenters. The van der Waals surface area contributed by atoms with Crippen molar-refractivity contribution in [2.45, 2.75) is 32.6 Å². The summed E-state index contributed by atoms with van der Waals surface area (Å²) in [5.74, 6) is 0.0905. The van der Waals surface area contributed by atoms with Gasteiger partial charge in [0, 0.05) is 13.1 Å². The molecule has 2 rings (SSSR count). The number of nitriles is 1. The molecule has 0 N–H and O–H groups in total. The molecule has 1 aliphatic heterocycles. The Kier molecular flexibility index (Phi) is 5.17. The van der Waals surface area contributed by atoms with Gasteiger partial charge in [-0.05, 0) is 30.7 Å². The number of hydrogen-bond acceptors (Lipinski definition) is 2. The molecular formula is C17H22N2O. The summed E-state index contributed by atoms with van der Waals surface area (Å²) in [4.78, 5) is 14.3. The number of benzene rings is 1. The fourth-order valence-electron chi connectivity index (χ4n) is 2.94. The normalized spacial score (nSPS) is 19.6. The van der Waals surface area contributed by atoms with Crippen LogP contribution in [0.15, 0.2) is 30.3 Å². The minimum Gasteiger partial charge on any atom is -0.341 e. The van der Waals surface area contributed by atoms with Gasteiger partial charge in [0.05, 0.1) is 6.07 Å². The largest absolute Gasteiger partial charge is 0.341 e. The molecule has 1 heterocycles. The van der Waals surface area contributed by atoms with Gasteiger partial charge in [-0.3, -0.25) is 4.79 Å². The molecule has 1 amide bonds. The minimum atomic E-state index is -0.544. The van der Waals surface area contributed by atoms with E-state index in [1.54, 1.807) is 0 Å². The highest BCUT2D eigenvalue weighted by Crippen LogP contribution is 2.23. The van der Waals surface area contributed by atoms with E-state index in [0.717, 1.165) is 25.1 Å². The molecule has 1 saturated heterocycles. The van der Waals surface area contributed by atoms with Gasteiger partial charge in [-0.2, -0.15) is 5.26 Å². The Hall–Kier alpha value is -1.82. The molecule has 1 aromatic carbocycles. The van der Waals surface area contributed by atoms with Crippen LogP contribution in [-0.4, -0.2) is 23.9 Å². The monoisotopic (exact) mass is 270 g/mol. The third-order valence-corrected chi connectivity index (χ3v) is 4.03. The van der Waals surface area contributed by atoms with Crippen LogP contribution in [0.4, 0.5) is 0 Å². The van der Waals surface area contributed by atoms with Crippen LogP contribution in [0.5, 0.6) is 0 Å². The SMILES string of the molecule is CCCC1CCN(C(=O)C(C#N)Cc2ccccc2)C1. The predicted octanol–water partition coefficient (Wildman–Crippen LogP) is 3.02. The highest BCUT2D eigenvalue weighted by atomic mass is 16.2. The first-order valence-corrected chi connectivity index (χ1v) is 7.47. The van der Waals surface area contributed by atoms with Gasteiger partial charge in [0.25, 0.3) is 0 Å². The summed E-state index contributed by atoms with van der Waals surface area (Å²) in [6.45, 7) is 3.83. The standard InChI is InChI=1S/C17H22N2O/c1-2-6-15-9-10-19(13-15)17(20)16(12-18)11-14-7-4-3-5-8-14/h3-5,7-8,15-16H,2,6,9-11,13H2,1H3. The summed E-state index contributed by atoms with van der Waals surface area (Å²) in [6, 6.07) is 12.0. The van der Waals surface area contributed by atoms with E-state index < -0.39 is 5.92 Å². The maximum absolute atomic E-state index is 12.4. The molecule has 3 heteroatoms. The lowest BCUT2D eigenvalue weighted by molar-refractivity contribution is -0.132. The van der Waals surface area contributed by atoms with Crippen LogP contribution in [0.3, 0.4) is 0 Å². The number of carbonyl (C=O) groups is 1. The molecule has 0 bridgehead atoms. The fourth-order valence-corrected chi connectivity index (χ4v) is 2.94. The molecule has 3 nitrogen and oxygen atoms in total. The van der Waals surface area contributed by atoms with Crippen molar-refractivity contribution in [2.75, 3.05) is 13.1 Å². The molecule has 2 unspecified atom stereocenters. The van der Waals surface area contributed by atoms with E-state index in [2.05, 4.69) is 13.0 Å². The summed E-state index contributed by atoms with van der Waals surface area (Å²) in [6.07, 6.45) is 3.95. The first-order chi connectivity index (χ1) is 9.74. The molecular weight excluding hydrogens is 248 g/mol. The average molecular weight is 270 g/mol. The number of likely N-dealkylation sites (tertiary alicyclic amines) is 1. The Morgan fingerprint density at radius 2 is 2.20 bits per heavy atom. The van der Waals surface area contributed by atoms with Crippen molar-refractivity contribution in [1.29, 1.82) is 5.26 Å². The van der Waals surface area contributed by atoms with Crippen LogP contribution < -0.4 is 0 Å². The molecule has 106 valence electrons. The maximum atomic E-state index is 12.4. The molecule has 1 fully saturated rings. The van der Waals surface area contributed by atoms with E-state index in [9.17, 15) is 10.1 Å². The van der Waals surface area contributed by atoms with Crippen molar-refractivity contribution in [3.05, 3.63) is 35.9 Å². The molecule has 20 heavy (non-hydrogen) atoms. The van der Waals surface area contributed by atoms with Gasteiger partial charge >= 0.3 is 0 Å². The number of nitrogens with zero attached hydrogens (tertiary/aromatic N) is 2. The lowest BCUT2D eigenvalue weighted by atomic mass is 9.99. The van der Waals surface area contributed by atoms with Gasteiger partial charge in [0.15, 0.2) is 0 Å². The van der Waals surface area contributed by atoms with Crippen LogP contribution in [0, 0.1) is 23.2 Å². The number of carbonyl (C=O) groups excluding carboxylic acids is 1.